The highest BCUT2D eigenvalue weighted by Gasteiger charge is 2.26. The summed E-state index contributed by atoms with van der Waals surface area (Å²) in [4.78, 5) is 0. The fraction of sp³-hybridized carbons (Fsp3) is 0.333. The highest BCUT2D eigenvalue weighted by molar-refractivity contribution is 9.10. The van der Waals surface area contributed by atoms with Crippen LogP contribution < -0.4 is 10.5 Å². The fourth-order valence-corrected chi connectivity index (χ4v) is 3.31. The molecule has 2 atom stereocenters. The molecule has 21 heavy (non-hydrogen) atoms. The number of fused-ring (bicyclic) bond motifs is 1. The lowest BCUT2D eigenvalue weighted by atomic mass is 9.79. The van der Waals surface area contributed by atoms with Gasteiger partial charge in [0.25, 0.3) is 0 Å². The molecule has 3 heteroatoms. The van der Waals surface area contributed by atoms with Crippen molar-refractivity contribution < 1.29 is 4.74 Å². The van der Waals surface area contributed by atoms with Crippen molar-refractivity contribution in [1.29, 1.82) is 0 Å². The van der Waals surface area contributed by atoms with Crippen LogP contribution in [0, 0.1) is 5.92 Å². The lowest BCUT2D eigenvalue weighted by Crippen LogP contribution is -2.28. The van der Waals surface area contributed by atoms with Crippen LogP contribution in [-0.2, 0) is 6.42 Å². The third-order valence-electron chi connectivity index (χ3n) is 4.28. The van der Waals surface area contributed by atoms with E-state index in [1.54, 1.807) is 0 Å². The van der Waals surface area contributed by atoms with Crippen LogP contribution >= 0.6 is 15.9 Å². The summed E-state index contributed by atoms with van der Waals surface area (Å²) in [6.07, 6.45) is 3.29. The Morgan fingerprint density at radius 2 is 1.86 bits per heavy atom. The number of nitrogens with two attached hydrogens (primary N) is 1. The number of hydrogen-bond donors (Lipinski definition) is 1. The summed E-state index contributed by atoms with van der Waals surface area (Å²) in [6, 6.07) is 16.7. The third kappa shape index (κ3) is 3.47. The number of halogens is 1. The zero-order valence-corrected chi connectivity index (χ0v) is 13.6. The van der Waals surface area contributed by atoms with Gasteiger partial charge >= 0.3 is 0 Å². The van der Waals surface area contributed by atoms with E-state index >= 15 is 0 Å². The minimum atomic E-state index is 0.142. The van der Waals surface area contributed by atoms with E-state index in [2.05, 4.69) is 40.2 Å². The van der Waals surface area contributed by atoms with Crippen molar-refractivity contribution in [1.82, 2.24) is 0 Å². The number of ether oxygens (including phenoxy) is 1. The minimum absolute atomic E-state index is 0.142. The highest BCUT2D eigenvalue weighted by Crippen LogP contribution is 2.34. The van der Waals surface area contributed by atoms with Crippen LogP contribution in [0.25, 0.3) is 0 Å². The summed E-state index contributed by atoms with van der Waals surface area (Å²) in [7, 11) is 0. The Labute approximate surface area is 134 Å². The van der Waals surface area contributed by atoms with E-state index in [-0.39, 0.29) is 6.04 Å². The van der Waals surface area contributed by atoms with E-state index in [1.165, 1.54) is 11.1 Å². The first kappa shape index (κ1) is 14.6. The Balaban J connectivity index is 1.56. The average Bonchev–Trinajstić information content (AvgIpc) is 2.52. The second-order valence-electron chi connectivity index (χ2n) is 5.61. The summed E-state index contributed by atoms with van der Waals surface area (Å²) in [5.41, 5.74) is 9.16. The van der Waals surface area contributed by atoms with Gasteiger partial charge in [-0.05, 0) is 60.6 Å². The molecular weight excluding hydrogens is 326 g/mol. The quantitative estimate of drug-likeness (QED) is 0.886. The van der Waals surface area contributed by atoms with E-state index < -0.39 is 0 Å². The molecular formula is C18H20BrNO. The van der Waals surface area contributed by atoms with Crippen LogP contribution in [0.5, 0.6) is 5.75 Å². The first-order valence-electron chi connectivity index (χ1n) is 7.46. The Kier molecular flexibility index (Phi) is 4.61. The maximum Gasteiger partial charge on any atom is 0.119 e. The van der Waals surface area contributed by atoms with Gasteiger partial charge in [0.1, 0.15) is 5.75 Å². The van der Waals surface area contributed by atoms with Gasteiger partial charge in [-0.25, -0.2) is 0 Å². The van der Waals surface area contributed by atoms with Crippen LogP contribution in [0.15, 0.2) is 53.0 Å². The van der Waals surface area contributed by atoms with Gasteiger partial charge in [-0.2, -0.15) is 0 Å². The largest absolute Gasteiger partial charge is 0.494 e. The zero-order valence-electron chi connectivity index (χ0n) is 12.0. The molecule has 2 N–H and O–H groups in total. The number of aryl methyl sites for hydroxylation is 1. The van der Waals surface area contributed by atoms with Crippen molar-refractivity contribution in [3.8, 4) is 5.75 Å². The molecule has 1 aliphatic rings. The summed E-state index contributed by atoms with van der Waals surface area (Å²) in [6.45, 7) is 0.724. The van der Waals surface area contributed by atoms with Crippen molar-refractivity contribution in [3.63, 3.8) is 0 Å². The van der Waals surface area contributed by atoms with Gasteiger partial charge < -0.3 is 10.5 Å². The van der Waals surface area contributed by atoms with E-state index in [4.69, 9.17) is 10.5 Å². The third-order valence-corrected chi connectivity index (χ3v) is 4.81. The predicted octanol–water partition coefficient (Wildman–Crippen LogP) is 4.48. The molecule has 110 valence electrons. The first-order chi connectivity index (χ1) is 10.2. The van der Waals surface area contributed by atoms with Gasteiger partial charge in [-0.1, -0.05) is 40.2 Å². The summed E-state index contributed by atoms with van der Waals surface area (Å²) in [5.74, 6) is 1.43. The minimum Gasteiger partial charge on any atom is -0.494 e. The van der Waals surface area contributed by atoms with Crippen LogP contribution in [0.4, 0.5) is 0 Å². The molecule has 0 saturated carbocycles. The van der Waals surface area contributed by atoms with E-state index in [0.717, 1.165) is 36.1 Å². The highest BCUT2D eigenvalue weighted by atomic mass is 79.9. The Bertz CT molecular complexity index is 596. The lowest BCUT2D eigenvalue weighted by molar-refractivity contribution is 0.248. The van der Waals surface area contributed by atoms with Gasteiger partial charge in [0.2, 0.25) is 0 Å². The van der Waals surface area contributed by atoms with Gasteiger partial charge in [-0.15, -0.1) is 0 Å². The zero-order chi connectivity index (χ0) is 14.7. The molecule has 0 spiro atoms. The molecule has 0 aromatic heterocycles. The molecule has 3 rings (SSSR count). The van der Waals surface area contributed by atoms with Gasteiger partial charge in [0.15, 0.2) is 0 Å². The van der Waals surface area contributed by atoms with Crippen molar-refractivity contribution in [3.05, 3.63) is 64.1 Å². The molecule has 1 aliphatic carbocycles. The molecule has 0 bridgehead atoms. The molecule has 0 amide bonds. The molecule has 0 fully saturated rings. The summed E-state index contributed by atoms with van der Waals surface area (Å²) >= 11 is 3.43. The number of benzene rings is 2. The van der Waals surface area contributed by atoms with Crippen molar-refractivity contribution in [2.24, 2.45) is 11.7 Å². The molecule has 0 aliphatic heterocycles. The Morgan fingerprint density at radius 3 is 2.67 bits per heavy atom. The van der Waals surface area contributed by atoms with E-state index in [1.807, 2.05) is 24.3 Å². The first-order valence-corrected chi connectivity index (χ1v) is 8.25. The monoisotopic (exact) mass is 345 g/mol. The maximum absolute atomic E-state index is 6.43. The van der Waals surface area contributed by atoms with E-state index in [9.17, 15) is 0 Å². The molecule has 2 nitrogen and oxygen atoms in total. The number of rotatable bonds is 4. The molecule has 2 aromatic carbocycles. The molecule has 0 saturated heterocycles. The fourth-order valence-electron chi connectivity index (χ4n) is 3.04. The smallest absolute Gasteiger partial charge is 0.119 e. The Hall–Kier alpha value is -1.32. The molecule has 0 heterocycles. The molecule has 2 unspecified atom stereocenters. The molecule has 0 radical (unpaired) electrons. The van der Waals surface area contributed by atoms with Gasteiger partial charge in [-0.3, -0.25) is 0 Å². The lowest BCUT2D eigenvalue weighted by Gasteiger charge is -2.31. The summed E-state index contributed by atoms with van der Waals surface area (Å²) in [5, 5.41) is 0. The van der Waals surface area contributed by atoms with E-state index in [0.29, 0.717) is 5.92 Å². The normalized spacial score (nSPS) is 20.9. The second-order valence-corrected chi connectivity index (χ2v) is 6.53. The Morgan fingerprint density at radius 1 is 1.10 bits per heavy atom. The average molecular weight is 346 g/mol. The van der Waals surface area contributed by atoms with Gasteiger partial charge in [0, 0.05) is 10.5 Å². The van der Waals surface area contributed by atoms with Crippen LogP contribution in [0.3, 0.4) is 0 Å². The van der Waals surface area contributed by atoms with Crippen molar-refractivity contribution in [2.45, 2.75) is 25.3 Å². The molecule has 2 aromatic rings. The SMILES string of the molecule is NC1c2ccccc2CCC1CCOc1ccc(Br)cc1. The topological polar surface area (TPSA) is 35.2 Å². The van der Waals surface area contributed by atoms with Crippen molar-refractivity contribution in [2.75, 3.05) is 6.61 Å². The predicted molar refractivity (Wildman–Crippen MR) is 89.4 cm³/mol. The van der Waals surface area contributed by atoms with Crippen LogP contribution in [0.1, 0.15) is 30.0 Å². The standard InChI is InChI=1S/C18H20BrNO/c19-15-7-9-16(10-8-15)21-12-11-14-6-5-13-3-1-2-4-17(13)18(14)20/h1-4,7-10,14,18H,5-6,11-12,20H2. The van der Waals surface area contributed by atoms with Gasteiger partial charge in [0.05, 0.1) is 6.61 Å². The van der Waals surface area contributed by atoms with Crippen LogP contribution in [-0.4, -0.2) is 6.61 Å². The number of hydrogen-bond acceptors (Lipinski definition) is 2. The second kappa shape index (κ2) is 6.63. The van der Waals surface area contributed by atoms with Crippen molar-refractivity contribution >= 4 is 15.9 Å². The van der Waals surface area contributed by atoms with Crippen LogP contribution in [0.2, 0.25) is 0 Å². The maximum atomic E-state index is 6.43. The summed E-state index contributed by atoms with van der Waals surface area (Å²) < 4.78 is 6.89.